The number of hydrogen-bond donors (Lipinski definition) is 0. The molecule has 3 aromatic rings. The summed E-state index contributed by atoms with van der Waals surface area (Å²) < 4.78 is 18.8. The topological polar surface area (TPSA) is 92.0 Å². The van der Waals surface area contributed by atoms with Crippen molar-refractivity contribution >= 4 is 39.0 Å². The number of aromatic nitrogens is 2. The van der Waals surface area contributed by atoms with Crippen molar-refractivity contribution in [3.8, 4) is 11.5 Å². The molecule has 0 bridgehead atoms. The first-order valence-corrected chi connectivity index (χ1v) is 13.6. The van der Waals surface area contributed by atoms with Gasteiger partial charge in [0.15, 0.2) is 17.6 Å². The van der Waals surface area contributed by atoms with Gasteiger partial charge >= 0.3 is 5.97 Å². The Morgan fingerprint density at radius 2 is 1.92 bits per heavy atom. The third-order valence-electron chi connectivity index (χ3n) is 6.32. The lowest BCUT2D eigenvalue weighted by Crippen LogP contribution is -2.26. The maximum Gasteiger partial charge on any atom is 0.347 e. The second-order valence-electron chi connectivity index (χ2n) is 8.98. The summed E-state index contributed by atoms with van der Waals surface area (Å²) in [5.74, 6) is 1.34. The van der Waals surface area contributed by atoms with Gasteiger partial charge in [-0.15, -0.1) is 0 Å². The molecular formula is C28H32BrN3O5. The lowest BCUT2D eigenvalue weighted by molar-refractivity contribution is -0.150. The zero-order chi connectivity index (χ0) is 26.4. The molecular weight excluding hydrogens is 538 g/mol. The highest BCUT2D eigenvalue weighted by Gasteiger charge is 2.23. The second-order valence-corrected chi connectivity index (χ2v) is 9.89. The van der Waals surface area contributed by atoms with Gasteiger partial charge in [-0.2, -0.15) is 9.78 Å². The number of rotatable bonds is 9. The van der Waals surface area contributed by atoms with Gasteiger partial charge in [-0.25, -0.2) is 9.78 Å². The molecule has 4 rings (SSSR count). The van der Waals surface area contributed by atoms with Gasteiger partial charge in [-0.05, 0) is 75.6 Å². The van der Waals surface area contributed by atoms with Gasteiger partial charge in [0.05, 0.1) is 30.3 Å². The molecule has 9 heteroatoms. The average Bonchev–Trinajstić information content (AvgIpc) is 2.90. The van der Waals surface area contributed by atoms with E-state index in [1.54, 1.807) is 44.3 Å². The zero-order valence-electron chi connectivity index (χ0n) is 21.4. The first-order chi connectivity index (χ1) is 17.9. The number of esters is 1. The number of carbonyl (C=O) groups is 1. The van der Waals surface area contributed by atoms with Gasteiger partial charge in [0.1, 0.15) is 5.82 Å². The molecule has 1 saturated carbocycles. The van der Waals surface area contributed by atoms with Crippen LogP contribution in [0.5, 0.6) is 11.5 Å². The van der Waals surface area contributed by atoms with E-state index in [9.17, 15) is 9.59 Å². The number of benzene rings is 2. The van der Waals surface area contributed by atoms with E-state index in [1.807, 2.05) is 19.1 Å². The summed E-state index contributed by atoms with van der Waals surface area (Å²) >= 11 is 3.46. The molecule has 0 unspecified atom stereocenters. The molecule has 1 atom stereocenters. The van der Waals surface area contributed by atoms with Crippen molar-refractivity contribution in [3.05, 3.63) is 62.6 Å². The Balaban J connectivity index is 1.70. The zero-order valence-corrected chi connectivity index (χ0v) is 23.0. The van der Waals surface area contributed by atoms with Crippen LogP contribution in [0.1, 0.15) is 70.2 Å². The Morgan fingerprint density at radius 3 is 2.65 bits per heavy atom. The van der Waals surface area contributed by atoms with Crippen LogP contribution in [0.15, 0.2) is 50.8 Å². The van der Waals surface area contributed by atoms with Gasteiger partial charge in [-0.1, -0.05) is 35.2 Å². The maximum absolute atomic E-state index is 13.5. The molecule has 0 radical (unpaired) electrons. The molecule has 1 fully saturated rings. The van der Waals surface area contributed by atoms with Crippen LogP contribution in [-0.4, -0.2) is 41.2 Å². The van der Waals surface area contributed by atoms with Crippen LogP contribution in [0.2, 0.25) is 0 Å². The number of ether oxygens (including phenoxy) is 3. The van der Waals surface area contributed by atoms with Crippen molar-refractivity contribution in [3.63, 3.8) is 0 Å². The number of hydrogen-bond acceptors (Lipinski definition) is 7. The van der Waals surface area contributed by atoms with Crippen molar-refractivity contribution in [2.75, 3.05) is 13.2 Å². The summed E-state index contributed by atoms with van der Waals surface area (Å²) in [6, 6.07) is 10.8. The Kier molecular flexibility index (Phi) is 8.97. The van der Waals surface area contributed by atoms with Gasteiger partial charge in [0.2, 0.25) is 0 Å². The molecule has 0 spiro atoms. The molecule has 2 aromatic carbocycles. The van der Waals surface area contributed by atoms with Gasteiger partial charge in [-0.3, -0.25) is 4.79 Å². The second kappa shape index (κ2) is 12.4. The minimum atomic E-state index is -0.779. The van der Waals surface area contributed by atoms with E-state index in [4.69, 9.17) is 19.2 Å². The van der Waals surface area contributed by atoms with Crippen molar-refractivity contribution in [1.29, 1.82) is 0 Å². The standard InChI is InChI=1S/C28H32BrN3O5/c1-4-35-25-15-19(11-14-24(25)37-18(3)28(34)36-5-2)17-30-32-26(20-9-7-6-8-10-20)31-23-13-12-21(29)16-22(23)27(32)33/h11-18,20H,4-10H2,1-3H3/t18-/m1/s1. The summed E-state index contributed by atoms with van der Waals surface area (Å²) in [4.78, 5) is 30.4. The SMILES string of the molecule is CCOC(=O)[C@@H](C)Oc1ccc(C=Nn2c(C3CCCCC3)nc3ccc(Br)cc3c2=O)cc1OCC. The fourth-order valence-electron chi connectivity index (χ4n) is 4.50. The lowest BCUT2D eigenvalue weighted by Gasteiger charge is -2.22. The Labute approximate surface area is 224 Å². The Hall–Kier alpha value is -3.20. The third-order valence-corrected chi connectivity index (χ3v) is 6.81. The van der Waals surface area contributed by atoms with E-state index in [0.29, 0.717) is 34.8 Å². The average molecular weight is 570 g/mol. The molecule has 8 nitrogen and oxygen atoms in total. The minimum Gasteiger partial charge on any atom is -0.490 e. The van der Waals surface area contributed by atoms with Gasteiger partial charge in [0.25, 0.3) is 5.56 Å². The quantitative estimate of drug-likeness (QED) is 0.238. The number of carbonyl (C=O) groups excluding carboxylic acids is 1. The maximum atomic E-state index is 13.5. The van der Waals surface area contributed by atoms with Crippen LogP contribution in [0.3, 0.4) is 0 Å². The summed E-state index contributed by atoms with van der Waals surface area (Å²) in [5, 5.41) is 5.12. The number of nitrogens with zero attached hydrogens (tertiary/aromatic N) is 3. The highest BCUT2D eigenvalue weighted by Crippen LogP contribution is 2.32. The highest BCUT2D eigenvalue weighted by atomic mass is 79.9. The summed E-state index contributed by atoms with van der Waals surface area (Å²) in [6.45, 7) is 5.95. The fraction of sp³-hybridized carbons (Fsp3) is 0.429. The highest BCUT2D eigenvalue weighted by molar-refractivity contribution is 9.10. The molecule has 0 amide bonds. The number of fused-ring (bicyclic) bond motifs is 1. The first-order valence-electron chi connectivity index (χ1n) is 12.8. The lowest BCUT2D eigenvalue weighted by atomic mass is 9.88. The van der Waals surface area contributed by atoms with E-state index < -0.39 is 12.1 Å². The summed E-state index contributed by atoms with van der Waals surface area (Å²) in [7, 11) is 0. The van der Waals surface area contributed by atoms with E-state index in [2.05, 4.69) is 21.0 Å². The third kappa shape index (κ3) is 6.39. The van der Waals surface area contributed by atoms with Crippen molar-refractivity contribution in [2.45, 2.75) is 64.9 Å². The Morgan fingerprint density at radius 1 is 1.14 bits per heavy atom. The molecule has 196 valence electrons. The molecule has 1 aliphatic rings. The van der Waals surface area contributed by atoms with E-state index >= 15 is 0 Å². The molecule has 1 heterocycles. The van der Waals surface area contributed by atoms with Gasteiger partial charge < -0.3 is 14.2 Å². The smallest absolute Gasteiger partial charge is 0.347 e. The predicted octanol–water partition coefficient (Wildman–Crippen LogP) is 5.82. The number of halogens is 1. The van der Waals surface area contributed by atoms with Crippen molar-refractivity contribution < 1.29 is 19.0 Å². The minimum absolute atomic E-state index is 0.186. The molecule has 1 aliphatic carbocycles. The van der Waals surface area contributed by atoms with E-state index in [-0.39, 0.29) is 18.1 Å². The van der Waals surface area contributed by atoms with Crippen LogP contribution in [0.25, 0.3) is 10.9 Å². The molecule has 0 saturated heterocycles. The first kappa shape index (κ1) is 26.9. The van der Waals surface area contributed by atoms with E-state index in [0.717, 1.165) is 35.7 Å². The van der Waals surface area contributed by atoms with Crippen LogP contribution in [-0.2, 0) is 9.53 Å². The van der Waals surface area contributed by atoms with Crippen LogP contribution in [0.4, 0.5) is 0 Å². The van der Waals surface area contributed by atoms with Crippen molar-refractivity contribution in [1.82, 2.24) is 9.66 Å². The monoisotopic (exact) mass is 569 g/mol. The van der Waals surface area contributed by atoms with Crippen LogP contribution in [0, 0.1) is 0 Å². The van der Waals surface area contributed by atoms with Crippen LogP contribution >= 0.6 is 15.9 Å². The largest absolute Gasteiger partial charge is 0.490 e. The Bertz CT molecular complexity index is 1350. The molecule has 1 aromatic heterocycles. The van der Waals surface area contributed by atoms with Crippen molar-refractivity contribution in [2.24, 2.45) is 5.10 Å². The predicted molar refractivity (Wildman–Crippen MR) is 147 cm³/mol. The summed E-state index contributed by atoms with van der Waals surface area (Å²) in [5.41, 5.74) is 1.20. The molecule has 0 aliphatic heterocycles. The normalized spacial score (nSPS) is 15.1. The molecule has 0 N–H and O–H groups in total. The van der Waals surface area contributed by atoms with E-state index in [1.165, 1.54) is 11.1 Å². The fourth-order valence-corrected chi connectivity index (χ4v) is 4.86. The molecule has 37 heavy (non-hydrogen) atoms. The summed E-state index contributed by atoms with van der Waals surface area (Å²) in [6.07, 6.45) is 6.26. The van der Waals surface area contributed by atoms with Crippen LogP contribution < -0.4 is 15.0 Å². The van der Waals surface area contributed by atoms with Gasteiger partial charge in [0, 0.05) is 10.4 Å².